The lowest BCUT2D eigenvalue weighted by molar-refractivity contribution is 0.248. The summed E-state index contributed by atoms with van der Waals surface area (Å²) in [5, 5.41) is 3.26. The molecule has 2 aromatic carbocycles. The van der Waals surface area contributed by atoms with Crippen LogP contribution in [-0.2, 0) is 10.2 Å². The lowest BCUT2D eigenvalue weighted by Crippen LogP contribution is -2.47. The Kier molecular flexibility index (Phi) is 7.69. The van der Waals surface area contributed by atoms with Gasteiger partial charge >= 0.3 is 10.2 Å². The van der Waals surface area contributed by atoms with Crippen LogP contribution in [0.4, 0.5) is 25.8 Å². The van der Waals surface area contributed by atoms with Gasteiger partial charge in [0.25, 0.3) is 0 Å². The smallest absolute Gasteiger partial charge is 0.314 e. The molecule has 0 spiro atoms. The summed E-state index contributed by atoms with van der Waals surface area (Å²) in [6, 6.07) is 10.2. The van der Waals surface area contributed by atoms with Gasteiger partial charge in [-0.2, -0.15) is 8.42 Å². The summed E-state index contributed by atoms with van der Waals surface area (Å²) in [5.74, 6) is -2.26. The molecule has 11 heteroatoms. The molecule has 1 saturated heterocycles. The van der Waals surface area contributed by atoms with Crippen LogP contribution in [0.1, 0.15) is 0 Å². The van der Waals surface area contributed by atoms with Gasteiger partial charge in [-0.25, -0.2) is 17.4 Å². The van der Waals surface area contributed by atoms with Gasteiger partial charge in [0.05, 0.1) is 17.1 Å². The fourth-order valence-corrected chi connectivity index (χ4v) is 5.21. The number of benzene rings is 2. The van der Waals surface area contributed by atoms with Crippen molar-refractivity contribution >= 4 is 52.1 Å². The van der Waals surface area contributed by atoms with Crippen LogP contribution in [0.25, 0.3) is 0 Å². The molecule has 0 aromatic heterocycles. The highest BCUT2D eigenvalue weighted by Crippen LogP contribution is 2.45. The zero-order valence-corrected chi connectivity index (χ0v) is 17.9. The summed E-state index contributed by atoms with van der Waals surface area (Å²) in [5.41, 5.74) is 0.478. The van der Waals surface area contributed by atoms with Gasteiger partial charge in [0.2, 0.25) is 0 Å². The number of nitrogens with zero attached hydrogens (tertiary/aromatic N) is 3. The van der Waals surface area contributed by atoms with E-state index in [1.54, 1.807) is 24.3 Å². The van der Waals surface area contributed by atoms with Crippen molar-refractivity contribution in [1.29, 1.82) is 0 Å². The van der Waals surface area contributed by atoms with Crippen LogP contribution in [-0.4, -0.2) is 52.6 Å². The first kappa shape index (κ1) is 23.6. The first-order valence-corrected chi connectivity index (χ1v) is 10.2. The maximum atomic E-state index is 14.4. The topological polar surface area (TPSA) is 55.9 Å². The first-order chi connectivity index (χ1) is 13.0. The number of nitrogens with one attached hydrogen (secondary N) is 1. The molecule has 0 amide bonds. The molecule has 2 aromatic rings. The fourth-order valence-electron chi connectivity index (χ4n) is 3.50. The second-order valence-electron chi connectivity index (χ2n) is 6.50. The fraction of sp³-hybridized carbons (Fsp3) is 0.333. The molecular weight excluding hydrogens is 445 g/mol. The van der Waals surface area contributed by atoms with E-state index in [4.69, 9.17) is 0 Å². The molecule has 2 aliphatic rings. The highest BCUT2D eigenvalue weighted by Gasteiger charge is 2.42. The molecule has 29 heavy (non-hydrogen) atoms. The predicted octanol–water partition coefficient (Wildman–Crippen LogP) is 2.92. The third kappa shape index (κ3) is 4.29. The number of halogens is 4. The molecule has 0 aliphatic carbocycles. The zero-order chi connectivity index (χ0) is 19.0. The van der Waals surface area contributed by atoms with Crippen LogP contribution in [0, 0.1) is 11.6 Å². The Morgan fingerprint density at radius 1 is 0.862 bits per heavy atom. The van der Waals surface area contributed by atoms with E-state index in [0.29, 0.717) is 17.9 Å². The van der Waals surface area contributed by atoms with E-state index in [2.05, 4.69) is 10.2 Å². The van der Waals surface area contributed by atoms with Crippen molar-refractivity contribution in [1.82, 2.24) is 10.2 Å². The van der Waals surface area contributed by atoms with Gasteiger partial charge in [-0.1, -0.05) is 18.2 Å². The van der Waals surface area contributed by atoms with Crippen LogP contribution in [0.15, 0.2) is 42.5 Å². The molecule has 160 valence electrons. The van der Waals surface area contributed by atoms with Crippen LogP contribution in [0.3, 0.4) is 0 Å². The van der Waals surface area contributed by atoms with Gasteiger partial charge < -0.3 is 5.32 Å². The van der Waals surface area contributed by atoms with Gasteiger partial charge in [-0.15, -0.1) is 24.8 Å². The average Bonchev–Trinajstić information content (AvgIpc) is 2.89. The van der Waals surface area contributed by atoms with Gasteiger partial charge in [0.1, 0.15) is 0 Å². The molecule has 2 heterocycles. The molecule has 4 rings (SSSR count). The van der Waals surface area contributed by atoms with Crippen molar-refractivity contribution in [2.24, 2.45) is 0 Å². The Hall–Kier alpha value is -1.65. The minimum absolute atomic E-state index is 0. The van der Waals surface area contributed by atoms with Crippen LogP contribution >= 0.6 is 24.8 Å². The van der Waals surface area contributed by atoms with E-state index in [1.165, 1.54) is 16.4 Å². The summed E-state index contributed by atoms with van der Waals surface area (Å²) in [4.78, 5) is 2.18. The maximum absolute atomic E-state index is 14.4. The molecule has 0 atom stereocenters. The van der Waals surface area contributed by atoms with E-state index >= 15 is 0 Å². The number of fused-ring (bicyclic) bond motifs is 1. The van der Waals surface area contributed by atoms with Crippen molar-refractivity contribution in [3.63, 3.8) is 0 Å². The number of piperazine rings is 1. The summed E-state index contributed by atoms with van der Waals surface area (Å²) in [6.07, 6.45) is 0. The number of anilines is 3. The molecule has 6 nitrogen and oxygen atoms in total. The Labute approximate surface area is 181 Å². The van der Waals surface area contributed by atoms with Gasteiger partial charge in [-0.05, 0) is 24.3 Å². The minimum atomic E-state index is -4.06. The monoisotopic (exact) mass is 466 g/mol. The summed E-state index contributed by atoms with van der Waals surface area (Å²) < 4.78 is 56.7. The van der Waals surface area contributed by atoms with E-state index in [9.17, 15) is 17.2 Å². The van der Waals surface area contributed by atoms with Crippen molar-refractivity contribution in [3.05, 3.63) is 54.1 Å². The lowest BCUT2D eigenvalue weighted by atomic mass is 10.2. The van der Waals surface area contributed by atoms with Gasteiger partial charge in [-0.3, -0.25) is 4.90 Å². The molecule has 1 fully saturated rings. The molecule has 0 saturated carbocycles. The van der Waals surface area contributed by atoms with Crippen molar-refractivity contribution in [2.45, 2.75) is 0 Å². The average molecular weight is 467 g/mol. The number of rotatable bonds is 4. The molecular formula is C18H22Cl2F2N4O2S. The van der Waals surface area contributed by atoms with Crippen molar-refractivity contribution in [3.8, 4) is 0 Å². The minimum Gasteiger partial charge on any atom is -0.314 e. The van der Waals surface area contributed by atoms with E-state index in [0.717, 1.165) is 36.6 Å². The predicted molar refractivity (Wildman–Crippen MR) is 115 cm³/mol. The number of hydrogen-bond acceptors (Lipinski definition) is 4. The Morgan fingerprint density at radius 3 is 2.17 bits per heavy atom. The summed E-state index contributed by atoms with van der Waals surface area (Å²) in [7, 11) is -4.06. The van der Waals surface area contributed by atoms with Gasteiger partial charge in [0, 0.05) is 39.3 Å². The summed E-state index contributed by atoms with van der Waals surface area (Å²) in [6.45, 7) is 4.23. The zero-order valence-electron chi connectivity index (χ0n) is 15.4. The highest BCUT2D eigenvalue weighted by atomic mass is 35.5. The number of para-hydroxylation sites is 2. The molecule has 2 aliphatic heterocycles. The Morgan fingerprint density at radius 2 is 1.48 bits per heavy atom. The molecule has 0 radical (unpaired) electrons. The van der Waals surface area contributed by atoms with Crippen LogP contribution in [0.2, 0.25) is 0 Å². The van der Waals surface area contributed by atoms with Crippen molar-refractivity contribution in [2.75, 3.05) is 47.9 Å². The third-order valence-electron chi connectivity index (χ3n) is 4.86. The Balaban J connectivity index is 0.00000150. The molecule has 0 bridgehead atoms. The first-order valence-electron chi connectivity index (χ1n) is 8.79. The largest absolute Gasteiger partial charge is 0.331 e. The molecule has 0 unspecified atom stereocenters. The molecule has 1 N–H and O–H groups in total. The van der Waals surface area contributed by atoms with E-state index < -0.39 is 21.8 Å². The lowest BCUT2D eigenvalue weighted by Gasteiger charge is -2.29. The van der Waals surface area contributed by atoms with Crippen molar-refractivity contribution < 1.29 is 17.2 Å². The summed E-state index contributed by atoms with van der Waals surface area (Å²) >= 11 is 0. The maximum Gasteiger partial charge on any atom is 0.331 e. The quantitative estimate of drug-likeness (QED) is 0.752. The van der Waals surface area contributed by atoms with Gasteiger partial charge in [0.15, 0.2) is 11.6 Å². The number of hydrogen-bond donors (Lipinski definition) is 1. The second-order valence-corrected chi connectivity index (χ2v) is 8.20. The third-order valence-corrected chi connectivity index (χ3v) is 6.65. The normalized spacial score (nSPS) is 18.0. The Bertz CT molecular complexity index is 959. The van der Waals surface area contributed by atoms with Crippen LogP contribution < -0.4 is 13.9 Å². The van der Waals surface area contributed by atoms with E-state index in [-0.39, 0.29) is 37.0 Å². The second kappa shape index (κ2) is 9.44. The standard InChI is InChI=1S/C18H20F2N4O2S.2ClH/c19-14-4-3-7-17(18(14)20)24-16-6-2-1-5-15(16)23(27(24,25)26)13-12-22-10-8-21-9-11-22;;/h1-7,21H,8-13H2;2*1H. The highest BCUT2D eigenvalue weighted by molar-refractivity contribution is 7.95. The SMILES string of the molecule is Cl.Cl.O=S1(=O)N(CCN2CCNCC2)c2ccccc2N1c1cccc(F)c1F. The van der Waals surface area contributed by atoms with E-state index in [1.807, 2.05) is 0 Å². The van der Waals surface area contributed by atoms with Crippen LogP contribution in [0.5, 0.6) is 0 Å².